The van der Waals surface area contributed by atoms with Crippen LogP contribution in [0.25, 0.3) is 21.8 Å². The Labute approximate surface area is 110 Å². The van der Waals surface area contributed by atoms with Gasteiger partial charge >= 0.3 is 0 Å². The Hall–Kier alpha value is -2.23. The molecule has 1 saturated heterocycles. The first kappa shape index (κ1) is 10.7. The van der Waals surface area contributed by atoms with E-state index in [0.717, 1.165) is 40.8 Å². The van der Waals surface area contributed by atoms with Crippen molar-refractivity contribution in [3.8, 4) is 5.75 Å². The topological polar surface area (TPSA) is 52.1 Å². The third-order valence-electron chi connectivity index (χ3n) is 3.86. The smallest absolute Gasteiger partial charge is 0.203 e. The Balaban J connectivity index is 1.99. The van der Waals surface area contributed by atoms with Crippen molar-refractivity contribution in [3.05, 3.63) is 30.3 Å². The Morgan fingerprint density at radius 1 is 1.11 bits per heavy atom. The van der Waals surface area contributed by atoms with Crippen molar-refractivity contribution < 1.29 is 5.11 Å². The zero-order valence-corrected chi connectivity index (χ0v) is 10.6. The molecule has 19 heavy (non-hydrogen) atoms. The standard InChI is InChI=1S/C15H15N3O/c19-13-9-12-14(11-6-2-1-5-10(11)13)17-15(16-12)18-7-3-4-8-18/h1-2,5-6,9,19H,3-4,7-8H2,(H,16,17). The first-order chi connectivity index (χ1) is 9.33. The summed E-state index contributed by atoms with van der Waals surface area (Å²) in [6.07, 6.45) is 2.45. The third-order valence-corrected chi connectivity index (χ3v) is 3.86. The number of H-pyrrole nitrogens is 1. The lowest BCUT2D eigenvalue weighted by molar-refractivity contribution is 0.482. The van der Waals surface area contributed by atoms with Gasteiger partial charge in [0.15, 0.2) is 0 Å². The molecule has 1 fully saturated rings. The summed E-state index contributed by atoms with van der Waals surface area (Å²) in [5.74, 6) is 1.22. The van der Waals surface area contributed by atoms with Crippen LogP contribution >= 0.6 is 0 Å². The zero-order valence-electron chi connectivity index (χ0n) is 10.6. The van der Waals surface area contributed by atoms with E-state index in [1.807, 2.05) is 24.3 Å². The molecule has 3 aromatic rings. The molecule has 0 unspecified atom stereocenters. The number of nitrogens with zero attached hydrogens (tertiary/aromatic N) is 2. The Bertz CT molecular complexity index is 757. The van der Waals surface area contributed by atoms with Crippen molar-refractivity contribution in [3.63, 3.8) is 0 Å². The van der Waals surface area contributed by atoms with Crippen LogP contribution in [-0.4, -0.2) is 28.2 Å². The summed E-state index contributed by atoms with van der Waals surface area (Å²) >= 11 is 0. The molecule has 2 heterocycles. The van der Waals surface area contributed by atoms with Gasteiger partial charge in [0.1, 0.15) is 5.75 Å². The third kappa shape index (κ3) is 1.56. The highest BCUT2D eigenvalue weighted by atomic mass is 16.3. The minimum atomic E-state index is 0.305. The molecule has 4 heteroatoms. The Kier molecular flexibility index (Phi) is 2.18. The number of hydrogen-bond donors (Lipinski definition) is 2. The van der Waals surface area contributed by atoms with Crippen molar-refractivity contribution in [1.82, 2.24) is 9.97 Å². The largest absolute Gasteiger partial charge is 0.507 e. The van der Waals surface area contributed by atoms with Gasteiger partial charge in [0.2, 0.25) is 5.95 Å². The molecule has 1 aromatic heterocycles. The number of aromatic hydroxyl groups is 1. The number of phenols is 1. The fraction of sp³-hybridized carbons (Fsp3) is 0.267. The molecule has 4 nitrogen and oxygen atoms in total. The van der Waals surface area contributed by atoms with Crippen LogP contribution in [0.2, 0.25) is 0 Å². The van der Waals surface area contributed by atoms with Gasteiger partial charge in [-0.25, -0.2) is 4.98 Å². The number of aromatic amines is 1. The molecule has 2 aromatic carbocycles. The molecule has 0 radical (unpaired) electrons. The summed E-state index contributed by atoms with van der Waals surface area (Å²) in [5.41, 5.74) is 1.84. The molecule has 0 bridgehead atoms. The molecular weight excluding hydrogens is 238 g/mol. The Morgan fingerprint density at radius 3 is 2.63 bits per heavy atom. The highest BCUT2D eigenvalue weighted by Gasteiger charge is 2.17. The lowest BCUT2D eigenvalue weighted by Gasteiger charge is -2.12. The minimum Gasteiger partial charge on any atom is -0.507 e. The van der Waals surface area contributed by atoms with Gasteiger partial charge in [-0.3, -0.25) is 0 Å². The fourth-order valence-corrected chi connectivity index (χ4v) is 2.89. The SMILES string of the molecule is Oc1cc2[nH]c(N3CCCC3)nc2c2ccccc12. The van der Waals surface area contributed by atoms with E-state index < -0.39 is 0 Å². The maximum absolute atomic E-state index is 10.1. The first-order valence-electron chi connectivity index (χ1n) is 6.68. The van der Waals surface area contributed by atoms with E-state index >= 15 is 0 Å². The van der Waals surface area contributed by atoms with Gasteiger partial charge < -0.3 is 15.0 Å². The highest BCUT2D eigenvalue weighted by molar-refractivity contribution is 6.07. The molecule has 4 rings (SSSR count). The molecule has 1 aliphatic heterocycles. The summed E-state index contributed by atoms with van der Waals surface area (Å²) < 4.78 is 0. The van der Waals surface area contributed by atoms with Crippen LogP contribution in [0.1, 0.15) is 12.8 Å². The predicted molar refractivity (Wildman–Crippen MR) is 76.7 cm³/mol. The summed E-state index contributed by atoms with van der Waals surface area (Å²) in [5, 5.41) is 11.9. The number of phenolic OH excluding ortho intramolecular Hbond substituents is 1. The average molecular weight is 253 g/mol. The van der Waals surface area contributed by atoms with Gasteiger partial charge in [0, 0.05) is 29.9 Å². The normalized spacial score (nSPS) is 15.7. The summed E-state index contributed by atoms with van der Waals surface area (Å²) in [4.78, 5) is 10.3. The highest BCUT2D eigenvalue weighted by Crippen LogP contribution is 2.33. The first-order valence-corrected chi connectivity index (χ1v) is 6.68. The van der Waals surface area contributed by atoms with E-state index in [2.05, 4.69) is 9.88 Å². The second-order valence-corrected chi connectivity index (χ2v) is 5.09. The van der Waals surface area contributed by atoms with Gasteiger partial charge in [0.25, 0.3) is 0 Å². The van der Waals surface area contributed by atoms with Crippen LogP contribution in [0.4, 0.5) is 5.95 Å². The summed E-state index contributed by atoms with van der Waals surface area (Å²) in [7, 11) is 0. The second kappa shape index (κ2) is 3.88. The number of aromatic nitrogens is 2. The maximum Gasteiger partial charge on any atom is 0.203 e. The molecule has 0 atom stereocenters. The van der Waals surface area contributed by atoms with E-state index in [1.165, 1.54) is 12.8 Å². The molecule has 0 aliphatic carbocycles. The molecule has 0 amide bonds. The second-order valence-electron chi connectivity index (χ2n) is 5.09. The molecule has 1 aliphatic rings. The lowest BCUT2D eigenvalue weighted by atomic mass is 10.1. The van der Waals surface area contributed by atoms with Crippen molar-refractivity contribution in [2.24, 2.45) is 0 Å². The van der Waals surface area contributed by atoms with Crippen molar-refractivity contribution in [2.45, 2.75) is 12.8 Å². The van der Waals surface area contributed by atoms with Crippen molar-refractivity contribution >= 4 is 27.8 Å². The maximum atomic E-state index is 10.1. The number of hydrogen-bond acceptors (Lipinski definition) is 3. The summed E-state index contributed by atoms with van der Waals surface area (Å²) in [6, 6.07) is 9.61. The van der Waals surface area contributed by atoms with Gasteiger partial charge in [-0.1, -0.05) is 24.3 Å². The van der Waals surface area contributed by atoms with Crippen molar-refractivity contribution in [1.29, 1.82) is 0 Å². The molecule has 96 valence electrons. The van der Waals surface area contributed by atoms with Crippen LogP contribution in [0.3, 0.4) is 0 Å². The van der Waals surface area contributed by atoms with Gasteiger partial charge in [-0.2, -0.15) is 0 Å². The monoisotopic (exact) mass is 253 g/mol. The molecule has 0 saturated carbocycles. The number of anilines is 1. The number of benzene rings is 2. The lowest BCUT2D eigenvalue weighted by Crippen LogP contribution is -2.18. The molecular formula is C15H15N3O. The van der Waals surface area contributed by atoms with E-state index in [4.69, 9.17) is 4.98 Å². The van der Waals surface area contributed by atoms with Crippen LogP contribution in [0.15, 0.2) is 30.3 Å². The quantitative estimate of drug-likeness (QED) is 0.701. The van der Waals surface area contributed by atoms with E-state index in [0.29, 0.717) is 5.75 Å². The van der Waals surface area contributed by atoms with E-state index in [9.17, 15) is 5.11 Å². The average Bonchev–Trinajstić information content (AvgIpc) is 3.07. The molecule has 0 spiro atoms. The van der Waals surface area contributed by atoms with Crippen LogP contribution in [-0.2, 0) is 0 Å². The zero-order chi connectivity index (χ0) is 12.8. The fourth-order valence-electron chi connectivity index (χ4n) is 2.89. The number of nitrogens with one attached hydrogen (secondary N) is 1. The number of fused-ring (bicyclic) bond motifs is 3. The minimum absolute atomic E-state index is 0.305. The van der Waals surface area contributed by atoms with Gasteiger partial charge in [-0.05, 0) is 12.8 Å². The van der Waals surface area contributed by atoms with Crippen molar-refractivity contribution in [2.75, 3.05) is 18.0 Å². The number of imidazole rings is 1. The van der Waals surface area contributed by atoms with Gasteiger partial charge in [-0.15, -0.1) is 0 Å². The van der Waals surface area contributed by atoms with E-state index in [1.54, 1.807) is 6.07 Å². The van der Waals surface area contributed by atoms with Crippen LogP contribution in [0.5, 0.6) is 5.75 Å². The number of rotatable bonds is 1. The van der Waals surface area contributed by atoms with Crippen LogP contribution < -0.4 is 4.90 Å². The van der Waals surface area contributed by atoms with Crippen LogP contribution in [0, 0.1) is 0 Å². The van der Waals surface area contributed by atoms with E-state index in [-0.39, 0.29) is 0 Å². The molecule has 2 N–H and O–H groups in total. The Morgan fingerprint density at radius 2 is 1.84 bits per heavy atom. The predicted octanol–water partition coefficient (Wildman–Crippen LogP) is 3.02. The summed E-state index contributed by atoms with van der Waals surface area (Å²) in [6.45, 7) is 2.12. The van der Waals surface area contributed by atoms with Gasteiger partial charge in [0.05, 0.1) is 11.0 Å².